The van der Waals surface area contributed by atoms with E-state index in [-0.39, 0.29) is 137 Å². The first kappa shape index (κ1) is 38.7. The van der Waals surface area contributed by atoms with Gasteiger partial charge in [-0.25, -0.2) is 0 Å². The molecule has 13 aromatic carbocycles. The monoisotopic (exact) mass is 996 g/mol. The first-order chi connectivity index (χ1) is 23.3. The summed E-state index contributed by atoms with van der Waals surface area (Å²) in [5.41, 5.74) is 0. The molecule has 0 atom stereocenters. The molecule has 0 amide bonds. The number of phenolic OH excluding ortho intramolecular Hbond substituents is 6. The van der Waals surface area contributed by atoms with E-state index in [9.17, 15) is 30.6 Å². The van der Waals surface area contributed by atoms with Crippen LogP contribution in [0, 0.1) is 0 Å². The zero-order valence-electron chi connectivity index (χ0n) is 26.4. The fourth-order valence-electron chi connectivity index (χ4n) is 10.2. The molecule has 0 aromatic heterocycles. The number of phenols is 6. The van der Waals surface area contributed by atoms with E-state index in [0.29, 0.717) is 0 Å². The van der Waals surface area contributed by atoms with Crippen LogP contribution in [0.4, 0.5) is 0 Å². The van der Waals surface area contributed by atoms with Crippen LogP contribution < -0.4 is 0 Å². The summed E-state index contributed by atoms with van der Waals surface area (Å²) < 4.78 is 0. The van der Waals surface area contributed by atoms with Gasteiger partial charge in [-0.1, -0.05) is 0 Å². The Labute approximate surface area is 366 Å². The topological polar surface area (TPSA) is 121 Å². The maximum Gasteiger partial charge on any atom is 0.116 e. The molecular weight excluding hydrogens is 982 g/mol. The Bertz CT molecular complexity index is 2830. The van der Waals surface area contributed by atoms with Crippen LogP contribution in [0.5, 0.6) is 34.5 Å². The molecule has 0 aliphatic heterocycles. The second-order valence-corrected chi connectivity index (χ2v) is 13.7. The second kappa shape index (κ2) is 12.0. The van der Waals surface area contributed by atoms with Gasteiger partial charge in [-0.05, 0) is 202 Å². The van der Waals surface area contributed by atoms with Gasteiger partial charge in [0.1, 0.15) is 34.5 Å². The Balaban J connectivity index is 0.000000750. The molecule has 0 bridgehead atoms. The van der Waals surface area contributed by atoms with Gasteiger partial charge in [0.2, 0.25) is 0 Å². The molecule has 0 saturated heterocycles. The van der Waals surface area contributed by atoms with Crippen LogP contribution in [0.1, 0.15) is 0 Å². The van der Waals surface area contributed by atoms with Crippen LogP contribution in [0.3, 0.4) is 0 Å². The molecular formula is C42H18Cu6O6. The Morgan fingerprint density at radius 3 is 0.352 bits per heavy atom. The zero-order chi connectivity index (χ0) is 31.8. The largest absolute Gasteiger partial charge is 0.508 e. The van der Waals surface area contributed by atoms with Gasteiger partial charge in [0.15, 0.2) is 0 Å². The van der Waals surface area contributed by atoms with Crippen molar-refractivity contribution < 1.29 is 133 Å². The van der Waals surface area contributed by atoms with Gasteiger partial charge in [0.25, 0.3) is 0 Å². The maximum atomic E-state index is 11.2. The van der Waals surface area contributed by atoms with Gasteiger partial charge < -0.3 is 30.6 Å². The summed E-state index contributed by atoms with van der Waals surface area (Å²) in [6, 6.07) is 21.0. The van der Waals surface area contributed by atoms with Crippen LogP contribution >= 0.6 is 0 Å². The van der Waals surface area contributed by atoms with Gasteiger partial charge in [-0.2, -0.15) is 0 Å². The summed E-state index contributed by atoms with van der Waals surface area (Å²) in [6.45, 7) is 0. The smallest absolute Gasteiger partial charge is 0.116 e. The number of hydrogen-bond acceptors (Lipinski definition) is 6. The molecule has 0 heterocycles. The number of fused-ring (bicyclic) bond motifs is 6. The summed E-state index contributed by atoms with van der Waals surface area (Å²) >= 11 is 0. The van der Waals surface area contributed by atoms with Crippen molar-refractivity contribution in [2.45, 2.75) is 0 Å². The molecule has 6 radical (unpaired) electrons. The molecule has 0 aliphatic rings. The third-order valence-corrected chi connectivity index (χ3v) is 11.5. The van der Waals surface area contributed by atoms with E-state index in [1.165, 1.54) is 0 Å². The van der Waals surface area contributed by atoms with E-state index in [2.05, 4.69) is 0 Å². The van der Waals surface area contributed by atoms with Crippen LogP contribution in [-0.4, -0.2) is 30.6 Å². The molecule has 13 aromatic rings. The average molecular weight is 1000 g/mol. The van der Waals surface area contributed by atoms with Crippen molar-refractivity contribution in [3.8, 4) is 34.5 Å². The van der Waals surface area contributed by atoms with E-state index in [4.69, 9.17) is 0 Å². The normalized spacial score (nSPS) is 12.0. The average Bonchev–Trinajstić information content (AvgIpc) is 3.05. The molecule has 0 unspecified atom stereocenters. The molecule has 54 heavy (non-hydrogen) atoms. The van der Waals surface area contributed by atoms with Gasteiger partial charge in [-0.15, -0.1) is 0 Å². The van der Waals surface area contributed by atoms with Crippen molar-refractivity contribution in [1.82, 2.24) is 0 Å². The van der Waals surface area contributed by atoms with Crippen LogP contribution in [0.25, 0.3) is 129 Å². The molecule has 0 saturated carbocycles. The zero-order valence-corrected chi connectivity index (χ0v) is 32.1. The standard InChI is InChI=1S/C42H18O6.6Cu/c43-13-1-19-20-3-14(44)4-23-24-6-16(46)8-27-29-11-18(48)12-30-28-10-17(47)9-26-25-7-15(45)5-22-21(2-13)31(19)37-38(32(20)23)40(34(24)27)42(36(29)30)41(35(26)28)39(37)33(22)25;;;;;;/h1-12,43-48H;;;;;;. The molecule has 0 aliphatic carbocycles. The number of benzene rings is 13. The molecule has 0 fully saturated rings. The first-order valence-electron chi connectivity index (χ1n) is 15.8. The van der Waals surface area contributed by atoms with E-state index in [0.717, 1.165) is 129 Å². The van der Waals surface area contributed by atoms with Crippen molar-refractivity contribution in [1.29, 1.82) is 0 Å². The van der Waals surface area contributed by atoms with Crippen molar-refractivity contribution in [2.75, 3.05) is 0 Å². The number of aromatic hydroxyl groups is 6. The predicted octanol–water partition coefficient (Wildman–Crippen LogP) is 10.4. The quantitative estimate of drug-likeness (QED) is 0.0512. The molecule has 13 rings (SSSR count). The minimum Gasteiger partial charge on any atom is -0.508 e. The van der Waals surface area contributed by atoms with Gasteiger partial charge in [0.05, 0.1) is 0 Å². The second-order valence-electron chi connectivity index (χ2n) is 13.7. The number of hydrogen-bond donors (Lipinski definition) is 6. The third-order valence-electron chi connectivity index (χ3n) is 11.5. The SMILES string of the molecule is Oc1cc2c3cc(O)cc4c5cc(O)cc6c7cc(O)cc8c9cc(O)cc%10c%11cc(O)cc%12c(c1)c2c1c(c34)c(c56)c(c78)c(c%109)c1c%12%11.[Cu].[Cu].[Cu].[Cu].[Cu].[Cu]. The summed E-state index contributed by atoms with van der Waals surface area (Å²) in [5, 5.41) is 88.6. The van der Waals surface area contributed by atoms with E-state index in [1.807, 2.05) is 0 Å². The van der Waals surface area contributed by atoms with E-state index < -0.39 is 0 Å². The fourth-order valence-corrected chi connectivity index (χ4v) is 10.2. The van der Waals surface area contributed by atoms with Crippen molar-refractivity contribution in [3.63, 3.8) is 0 Å². The fraction of sp³-hybridized carbons (Fsp3) is 0. The van der Waals surface area contributed by atoms with Gasteiger partial charge in [0, 0.05) is 102 Å². The minimum absolute atomic E-state index is 0. The Morgan fingerprint density at radius 2 is 0.259 bits per heavy atom. The molecule has 0 spiro atoms. The first-order valence-corrected chi connectivity index (χ1v) is 15.8. The van der Waals surface area contributed by atoms with Gasteiger partial charge >= 0.3 is 0 Å². The van der Waals surface area contributed by atoms with Crippen LogP contribution in [0.2, 0.25) is 0 Å². The van der Waals surface area contributed by atoms with Gasteiger partial charge in [-0.3, -0.25) is 0 Å². The molecule has 288 valence electrons. The third kappa shape index (κ3) is 4.04. The Morgan fingerprint density at radius 1 is 0.167 bits per heavy atom. The Kier molecular flexibility index (Phi) is 8.59. The van der Waals surface area contributed by atoms with Crippen molar-refractivity contribution in [3.05, 3.63) is 72.8 Å². The molecule has 6 nitrogen and oxygen atoms in total. The van der Waals surface area contributed by atoms with Crippen LogP contribution in [0.15, 0.2) is 72.8 Å². The van der Waals surface area contributed by atoms with Crippen molar-refractivity contribution in [2.24, 2.45) is 0 Å². The minimum atomic E-state index is 0. The predicted molar refractivity (Wildman–Crippen MR) is 194 cm³/mol. The summed E-state index contributed by atoms with van der Waals surface area (Å²) in [7, 11) is 0. The summed E-state index contributed by atoms with van der Waals surface area (Å²) in [5.74, 6) is 0.388. The van der Waals surface area contributed by atoms with Crippen LogP contribution in [-0.2, 0) is 102 Å². The summed E-state index contributed by atoms with van der Waals surface area (Å²) in [6.07, 6.45) is 0. The summed E-state index contributed by atoms with van der Waals surface area (Å²) in [4.78, 5) is 0. The number of rotatable bonds is 0. The Hall–Kier alpha value is -3.54. The van der Waals surface area contributed by atoms with E-state index in [1.54, 1.807) is 72.8 Å². The van der Waals surface area contributed by atoms with Crippen molar-refractivity contribution >= 4 is 129 Å². The molecule has 6 N–H and O–H groups in total. The maximum absolute atomic E-state index is 11.2. The molecule has 12 heteroatoms. The van der Waals surface area contributed by atoms with E-state index >= 15 is 0 Å².